The van der Waals surface area contributed by atoms with Crippen molar-refractivity contribution < 1.29 is 34.7 Å². The van der Waals surface area contributed by atoms with Gasteiger partial charge in [0.15, 0.2) is 6.29 Å². The zero-order valence-electron chi connectivity index (χ0n) is 13.0. The second-order valence-electron chi connectivity index (χ2n) is 5.60. The molecular formula is C16H22O7. The maximum absolute atomic E-state index is 11.2. The van der Waals surface area contributed by atoms with Crippen LogP contribution in [0.5, 0.6) is 11.5 Å². The van der Waals surface area contributed by atoms with Gasteiger partial charge in [0.1, 0.15) is 17.1 Å². The van der Waals surface area contributed by atoms with Crippen molar-refractivity contribution in [2.24, 2.45) is 0 Å². The summed E-state index contributed by atoms with van der Waals surface area (Å²) in [4.78, 5) is 11.2. The van der Waals surface area contributed by atoms with Gasteiger partial charge in [-0.1, -0.05) is 12.8 Å². The van der Waals surface area contributed by atoms with Gasteiger partial charge in [0.25, 0.3) is 0 Å². The Bertz CT molecular complexity index is 570. The summed E-state index contributed by atoms with van der Waals surface area (Å²) >= 11 is 0. The van der Waals surface area contributed by atoms with Crippen LogP contribution in [0.15, 0.2) is 6.07 Å². The van der Waals surface area contributed by atoms with Gasteiger partial charge in [0, 0.05) is 13.7 Å². The Labute approximate surface area is 134 Å². The van der Waals surface area contributed by atoms with Crippen LogP contribution in [0.2, 0.25) is 0 Å². The minimum absolute atomic E-state index is 0.152. The van der Waals surface area contributed by atoms with Gasteiger partial charge in [-0.25, -0.2) is 4.79 Å². The summed E-state index contributed by atoms with van der Waals surface area (Å²) in [6.07, 6.45) is 2.68. The van der Waals surface area contributed by atoms with E-state index in [-0.39, 0.29) is 18.3 Å². The Morgan fingerprint density at radius 3 is 2.70 bits per heavy atom. The minimum atomic E-state index is -1.41. The largest absolute Gasteiger partial charge is 0.507 e. The first-order chi connectivity index (χ1) is 11.0. The maximum atomic E-state index is 11.2. The molecule has 0 unspecified atom stereocenters. The van der Waals surface area contributed by atoms with Gasteiger partial charge in [0.05, 0.1) is 11.7 Å². The van der Waals surface area contributed by atoms with E-state index >= 15 is 0 Å². The number of benzene rings is 1. The van der Waals surface area contributed by atoms with Crippen LogP contribution in [-0.4, -0.2) is 46.2 Å². The van der Waals surface area contributed by atoms with E-state index in [1.807, 2.05) is 0 Å². The number of aromatic carboxylic acids is 1. The standard InChI is InChI=1S/C16H22O7/c1-22-16-12-9(7-10(23-16)5-3-2-4-6-17)8-11(18)13(14(12)19)15(20)21/h8,10,16-19H,2-7H2,1H3,(H,20,21)/t10-,16+/m1/s1. The summed E-state index contributed by atoms with van der Waals surface area (Å²) in [7, 11) is 1.41. The Balaban J connectivity index is 2.25. The number of methoxy groups -OCH3 is 1. The van der Waals surface area contributed by atoms with Crippen LogP contribution >= 0.6 is 0 Å². The van der Waals surface area contributed by atoms with Gasteiger partial charge < -0.3 is 29.9 Å². The zero-order chi connectivity index (χ0) is 17.0. The van der Waals surface area contributed by atoms with Crippen LogP contribution in [-0.2, 0) is 15.9 Å². The first-order valence-electron chi connectivity index (χ1n) is 7.59. The number of carboxylic acids is 1. The fourth-order valence-corrected chi connectivity index (χ4v) is 2.91. The van der Waals surface area contributed by atoms with Gasteiger partial charge in [-0.3, -0.25) is 0 Å². The molecule has 0 fully saturated rings. The average molecular weight is 326 g/mol. The lowest BCUT2D eigenvalue weighted by Crippen LogP contribution is -2.27. The highest BCUT2D eigenvalue weighted by Gasteiger charge is 2.33. The Morgan fingerprint density at radius 2 is 2.09 bits per heavy atom. The predicted molar refractivity (Wildman–Crippen MR) is 80.6 cm³/mol. The molecule has 0 aliphatic carbocycles. The molecule has 0 radical (unpaired) electrons. The fraction of sp³-hybridized carbons (Fsp3) is 0.562. The van der Waals surface area contributed by atoms with Gasteiger partial charge in [-0.05, 0) is 30.9 Å². The van der Waals surface area contributed by atoms with Crippen molar-refractivity contribution in [1.29, 1.82) is 0 Å². The quantitative estimate of drug-likeness (QED) is 0.566. The van der Waals surface area contributed by atoms with Crippen molar-refractivity contribution >= 4 is 5.97 Å². The van der Waals surface area contributed by atoms with Crippen LogP contribution in [0.25, 0.3) is 0 Å². The highest BCUT2D eigenvalue weighted by atomic mass is 16.7. The predicted octanol–water partition coefficient (Wildman–Crippen LogP) is 1.93. The number of hydrogen-bond donors (Lipinski definition) is 4. The third-order valence-corrected chi connectivity index (χ3v) is 4.02. The second-order valence-corrected chi connectivity index (χ2v) is 5.60. The maximum Gasteiger partial charge on any atom is 0.343 e. The lowest BCUT2D eigenvalue weighted by Gasteiger charge is -2.32. The highest BCUT2D eigenvalue weighted by molar-refractivity contribution is 5.94. The number of aromatic hydroxyl groups is 2. The molecule has 0 bridgehead atoms. The molecule has 0 aromatic heterocycles. The Hall–Kier alpha value is -1.83. The second kappa shape index (κ2) is 7.63. The topological polar surface area (TPSA) is 116 Å². The van der Waals surface area contributed by atoms with Crippen LogP contribution in [0, 0.1) is 0 Å². The molecule has 7 heteroatoms. The first kappa shape index (κ1) is 17.5. The van der Waals surface area contributed by atoms with E-state index in [0.29, 0.717) is 12.0 Å². The molecule has 2 rings (SSSR count). The van der Waals surface area contributed by atoms with E-state index in [1.54, 1.807) is 0 Å². The summed E-state index contributed by atoms with van der Waals surface area (Å²) < 4.78 is 11.0. The SMILES string of the molecule is CO[C@H]1O[C@H](CCCCCO)Cc2cc(O)c(C(=O)O)c(O)c21. The lowest BCUT2D eigenvalue weighted by atomic mass is 9.92. The van der Waals surface area contributed by atoms with Crippen LogP contribution in [0.3, 0.4) is 0 Å². The number of carboxylic acid groups (broad SMARTS) is 1. The molecule has 1 aromatic carbocycles. The molecule has 0 saturated heterocycles. The molecule has 1 aromatic rings. The number of phenols is 2. The summed E-state index contributed by atoms with van der Waals surface area (Å²) in [5.41, 5.74) is 0.334. The number of rotatable bonds is 7. The molecule has 23 heavy (non-hydrogen) atoms. The molecule has 1 aliphatic heterocycles. The van der Waals surface area contributed by atoms with Crippen molar-refractivity contribution in [2.75, 3.05) is 13.7 Å². The average Bonchev–Trinajstić information content (AvgIpc) is 2.50. The molecule has 1 aliphatic rings. The monoisotopic (exact) mass is 326 g/mol. The number of aliphatic hydroxyl groups excluding tert-OH is 1. The molecule has 128 valence electrons. The molecule has 0 amide bonds. The zero-order valence-corrected chi connectivity index (χ0v) is 13.0. The normalized spacial score (nSPS) is 20.3. The van der Waals surface area contributed by atoms with Crippen LogP contribution in [0.4, 0.5) is 0 Å². The van der Waals surface area contributed by atoms with Crippen molar-refractivity contribution in [1.82, 2.24) is 0 Å². The van der Waals surface area contributed by atoms with Crippen molar-refractivity contribution in [2.45, 2.75) is 44.5 Å². The van der Waals surface area contributed by atoms with Gasteiger partial charge in [0.2, 0.25) is 0 Å². The smallest absolute Gasteiger partial charge is 0.343 e. The highest BCUT2D eigenvalue weighted by Crippen LogP contribution is 2.43. The Morgan fingerprint density at radius 1 is 1.35 bits per heavy atom. The number of carbonyl (C=O) groups is 1. The van der Waals surface area contributed by atoms with Gasteiger partial charge in [-0.15, -0.1) is 0 Å². The molecule has 0 spiro atoms. The summed E-state index contributed by atoms with van der Waals surface area (Å²) in [5.74, 6) is -2.40. The number of hydrogen-bond acceptors (Lipinski definition) is 6. The summed E-state index contributed by atoms with van der Waals surface area (Å²) in [6, 6.07) is 1.35. The third-order valence-electron chi connectivity index (χ3n) is 4.02. The Kier molecular flexibility index (Phi) is 5.81. The van der Waals surface area contributed by atoms with E-state index in [0.717, 1.165) is 25.7 Å². The van der Waals surface area contributed by atoms with Crippen LogP contribution < -0.4 is 0 Å². The van der Waals surface area contributed by atoms with E-state index in [9.17, 15) is 15.0 Å². The van der Waals surface area contributed by atoms with Crippen molar-refractivity contribution in [3.05, 3.63) is 22.8 Å². The number of ether oxygens (including phenoxy) is 2. The van der Waals surface area contributed by atoms with Gasteiger partial charge in [-0.2, -0.15) is 0 Å². The molecular weight excluding hydrogens is 304 g/mol. The lowest BCUT2D eigenvalue weighted by molar-refractivity contribution is -0.170. The summed E-state index contributed by atoms with van der Waals surface area (Å²) in [6.45, 7) is 0.161. The number of aliphatic hydroxyl groups is 1. The fourth-order valence-electron chi connectivity index (χ4n) is 2.91. The molecule has 2 atom stereocenters. The number of fused-ring (bicyclic) bond motifs is 1. The van der Waals surface area contributed by atoms with E-state index in [1.165, 1.54) is 13.2 Å². The van der Waals surface area contributed by atoms with Gasteiger partial charge >= 0.3 is 5.97 Å². The molecule has 4 N–H and O–H groups in total. The van der Waals surface area contributed by atoms with E-state index in [2.05, 4.69) is 0 Å². The van der Waals surface area contributed by atoms with E-state index < -0.39 is 29.3 Å². The van der Waals surface area contributed by atoms with Crippen molar-refractivity contribution in [3.63, 3.8) is 0 Å². The molecule has 0 saturated carbocycles. The van der Waals surface area contributed by atoms with Crippen LogP contribution in [0.1, 0.15) is 53.5 Å². The molecule has 1 heterocycles. The van der Waals surface area contributed by atoms with E-state index in [4.69, 9.17) is 19.7 Å². The first-order valence-corrected chi connectivity index (χ1v) is 7.59. The third kappa shape index (κ3) is 3.74. The van der Waals surface area contributed by atoms with Crippen molar-refractivity contribution in [3.8, 4) is 11.5 Å². The minimum Gasteiger partial charge on any atom is -0.507 e. The number of unbranched alkanes of at least 4 members (excludes halogenated alkanes) is 2. The molecule has 7 nitrogen and oxygen atoms in total. The summed E-state index contributed by atoms with van der Waals surface area (Å²) in [5, 5.41) is 37.9.